The molecule has 0 saturated heterocycles. The number of aliphatic hydroxyl groups excluding tert-OH is 1. The summed E-state index contributed by atoms with van der Waals surface area (Å²) < 4.78 is 1.38. The summed E-state index contributed by atoms with van der Waals surface area (Å²) in [5.41, 5.74) is 0. The zero-order valence-corrected chi connectivity index (χ0v) is 7.27. The number of hydrogen-bond acceptors (Lipinski definition) is 4. The summed E-state index contributed by atoms with van der Waals surface area (Å²) in [5.74, 6) is 0.0894. The normalized spacial score (nSPS) is 10.5. The van der Waals surface area contributed by atoms with Gasteiger partial charge < -0.3 is 20.6 Å². The van der Waals surface area contributed by atoms with Crippen LogP contribution in [0.2, 0.25) is 0 Å². The van der Waals surface area contributed by atoms with Gasteiger partial charge in [0, 0.05) is 31.8 Å². The zero-order valence-electron chi connectivity index (χ0n) is 7.27. The third-order valence-corrected chi connectivity index (χ3v) is 1.74. The van der Waals surface area contributed by atoms with Crippen LogP contribution in [-0.2, 0) is 6.54 Å². The molecule has 0 bridgehead atoms. The highest BCUT2D eigenvalue weighted by Gasteiger charge is 2.03. The summed E-state index contributed by atoms with van der Waals surface area (Å²) in [6.45, 7) is 1.67. The lowest BCUT2D eigenvalue weighted by Gasteiger charge is -2.06. The standard InChI is InChI=1S/C8H14N2O3/c11-6-4-9-3-5-10-7(12)1-2-8(10)13/h1-2,9,11-13H,3-6H2. The van der Waals surface area contributed by atoms with E-state index in [0.29, 0.717) is 19.6 Å². The Hall–Kier alpha value is -1.20. The lowest BCUT2D eigenvalue weighted by molar-refractivity contribution is 0.290. The van der Waals surface area contributed by atoms with Gasteiger partial charge in [0.05, 0.1) is 6.61 Å². The highest BCUT2D eigenvalue weighted by atomic mass is 16.3. The van der Waals surface area contributed by atoms with E-state index in [0.717, 1.165) is 0 Å². The molecule has 5 heteroatoms. The lowest BCUT2D eigenvalue weighted by atomic mass is 10.5. The molecule has 0 unspecified atom stereocenters. The first-order chi connectivity index (χ1) is 6.25. The maximum Gasteiger partial charge on any atom is 0.193 e. The number of rotatable bonds is 5. The van der Waals surface area contributed by atoms with E-state index < -0.39 is 0 Å². The smallest absolute Gasteiger partial charge is 0.193 e. The van der Waals surface area contributed by atoms with Crippen molar-refractivity contribution in [1.82, 2.24) is 9.88 Å². The Morgan fingerprint density at radius 1 is 1.15 bits per heavy atom. The molecule has 74 valence electrons. The second-order valence-corrected chi connectivity index (χ2v) is 2.67. The van der Waals surface area contributed by atoms with Crippen LogP contribution < -0.4 is 5.32 Å². The van der Waals surface area contributed by atoms with Crippen molar-refractivity contribution in [3.05, 3.63) is 12.1 Å². The van der Waals surface area contributed by atoms with E-state index in [9.17, 15) is 10.2 Å². The Kier molecular flexibility index (Phi) is 3.60. The van der Waals surface area contributed by atoms with Crippen LogP contribution in [0, 0.1) is 0 Å². The molecule has 13 heavy (non-hydrogen) atoms. The van der Waals surface area contributed by atoms with Crippen LogP contribution in [0.5, 0.6) is 11.8 Å². The quantitative estimate of drug-likeness (QED) is 0.467. The van der Waals surface area contributed by atoms with E-state index >= 15 is 0 Å². The van der Waals surface area contributed by atoms with E-state index in [-0.39, 0.29) is 18.4 Å². The molecule has 1 aromatic rings. The first-order valence-corrected chi connectivity index (χ1v) is 4.14. The molecule has 0 amide bonds. The average Bonchev–Trinajstić information content (AvgIpc) is 2.42. The Morgan fingerprint density at radius 2 is 1.77 bits per heavy atom. The third-order valence-electron chi connectivity index (χ3n) is 1.74. The molecule has 0 saturated carbocycles. The summed E-state index contributed by atoms with van der Waals surface area (Å²) in [4.78, 5) is 0. The largest absolute Gasteiger partial charge is 0.494 e. The molecule has 0 aliphatic carbocycles. The molecular formula is C8H14N2O3. The summed E-state index contributed by atoms with van der Waals surface area (Å²) in [7, 11) is 0. The first-order valence-electron chi connectivity index (χ1n) is 4.14. The van der Waals surface area contributed by atoms with Crippen LogP contribution in [0.15, 0.2) is 12.1 Å². The highest BCUT2D eigenvalue weighted by Crippen LogP contribution is 2.19. The van der Waals surface area contributed by atoms with E-state index in [1.807, 2.05) is 0 Å². The fourth-order valence-corrected chi connectivity index (χ4v) is 1.07. The van der Waals surface area contributed by atoms with E-state index in [4.69, 9.17) is 5.11 Å². The van der Waals surface area contributed by atoms with Crippen LogP contribution in [-0.4, -0.2) is 39.6 Å². The molecule has 0 fully saturated rings. The summed E-state index contributed by atoms with van der Waals surface area (Å²) in [6, 6.07) is 2.86. The van der Waals surface area contributed by atoms with Crippen molar-refractivity contribution >= 4 is 0 Å². The number of aliphatic hydroxyl groups is 1. The third kappa shape index (κ3) is 2.64. The predicted octanol–water partition coefficient (Wildman–Crippen LogP) is -0.519. The maximum absolute atomic E-state index is 9.21. The second-order valence-electron chi connectivity index (χ2n) is 2.67. The van der Waals surface area contributed by atoms with Gasteiger partial charge >= 0.3 is 0 Å². The fourth-order valence-electron chi connectivity index (χ4n) is 1.07. The van der Waals surface area contributed by atoms with Gasteiger partial charge in [0.25, 0.3) is 0 Å². The van der Waals surface area contributed by atoms with Crippen molar-refractivity contribution in [1.29, 1.82) is 0 Å². The van der Waals surface area contributed by atoms with Crippen molar-refractivity contribution in [3.8, 4) is 11.8 Å². The number of aromatic hydroxyl groups is 2. The number of hydrogen-bond donors (Lipinski definition) is 4. The number of nitrogens with zero attached hydrogens (tertiary/aromatic N) is 1. The minimum Gasteiger partial charge on any atom is -0.494 e. The fraction of sp³-hybridized carbons (Fsp3) is 0.500. The molecule has 0 aliphatic heterocycles. The Balaban J connectivity index is 2.36. The van der Waals surface area contributed by atoms with Gasteiger partial charge in [-0.25, -0.2) is 0 Å². The van der Waals surface area contributed by atoms with Gasteiger partial charge in [-0.05, 0) is 0 Å². The van der Waals surface area contributed by atoms with Crippen molar-refractivity contribution in [3.63, 3.8) is 0 Å². The zero-order chi connectivity index (χ0) is 9.68. The van der Waals surface area contributed by atoms with Crippen LogP contribution in [0.3, 0.4) is 0 Å². The van der Waals surface area contributed by atoms with Gasteiger partial charge in [0.2, 0.25) is 0 Å². The average molecular weight is 186 g/mol. The predicted molar refractivity (Wildman–Crippen MR) is 47.7 cm³/mol. The minimum absolute atomic E-state index is 0.0447. The molecule has 4 N–H and O–H groups in total. The minimum atomic E-state index is 0.0447. The van der Waals surface area contributed by atoms with Crippen molar-refractivity contribution in [2.45, 2.75) is 6.54 Å². The van der Waals surface area contributed by atoms with Crippen molar-refractivity contribution in [2.75, 3.05) is 19.7 Å². The molecule has 0 atom stereocenters. The van der Waals surface area contributed by atoms with E-state index in [1.165, 1.54) is 16.7 Å². The molecular weight excluding hydrogens is 172 g/mol. The molecule has 1 rings (SSSR count). The SMILES string of the molecule is OCCNCCn1c(O)ccc1O. The topological polar surface area (TPSA) is 77.7 Å². The molecule has 5 nitrogen and oxygen atoms in total. The van der Waals surface area contributed by atoms with Crippen molar-refractivity contribution in [2.24, 2.45) is 0 Å². The molecule has 0 radical (unpaired) electrons. The Bertz CT molecular complexity index is 240. The van der Waals surface area contributed by atoms with Gasteiger partial charge in [-0.15, -0.1) is 0 Å². The van der Waals surface area contributed by atoms with Crippen LogP contribution in [0.4, 0.5) is 0 Å². The molecule has 0 aromatic carbocycles. The summed E-state index contributed by atoms with van der Waals surface area (Å²) >= 11 is 0. The molecule has 1 aromatic heterocycles. The second kappa shape index (κ2) is 4.74. The Labute approximate surface area is 76.2 Å². The molecule has 1 heterocycles. The molecule has 0 spiro atoms. The molecule has 0 aliphatic rings. The van der Waals surface area contributed by atoms with Gasteiger partial charge in [-0.2, -0.15) is 0 Å². The first kappa shape index (κ1) is 9.88. The van der Waals surface area contributed by atoms with Crippen LogP contribution in [0.25, 0.3) is 0 Å². The van der Waals surface area contributed by atoms with Gasteiger partial charge in [-0.3, -0.25) is 4.57 Å². The van der Waals surface area contributed by atoms with E-state index in [1.54, 1.807) is 0 Å². The van der Waals surface area contributed by atoms with Crippen LogP contribution >= 0.6 is 0 Å². The van der Waals surface area contributed by atoms with Crippen LogP contribution in [0.1, 0.15) is 0 Å². The Morgan fingerprint density at radius 3 is 2.31 bits per heavy atom. The van der Waals surface area contributed by atoms with Gasteiger partial charge in [0.15, 0.2) is 11.8 Å². The van der Waals surface area contributed by atoms with E-state index in [2.05, 4.69) is 5.32 Å². The van der Waals surface area contributed by atoms with Gasteiger partial charge in [-0.1, -0.05) is 0 Å². The van der Waals surface area contributed by atoms with Gasteiger partial charge in [0.1, 0.15) is 0 Å². The monoisotopic (exact) mass is 186 g/mol. The van der Waals surface area contributed by atoms with Crippen molar-refractivity contribution < 1.29 is 15.3 Å². The number of nitrogens with one attached hydrogen (secondary N) is 1. The number of aromatic nitrogens is 1. The highest BCUT2D eigenvalue weighted by molar-refractivity contribution is 5.23. The lowest BCUT2D eigenvalue weighted by Crippen LogP contribution is -2.22. The summed E-state index contributed by atoms with van der Waals surface area (Å²) in [5, 5.41) is 29.8. The maximum atomic E-state index is 9.21. The summed E-state index contributed by atoms with van der Waals surface area (Å²) in [6.07, 6.45) is 0.